The van der Waals surface area contributed by atoms with Crippen molar-refractivity contribution in [1.82, 2.24) is 31.9 Å². The van der Waals surface area contributed by atoms with E-state index in [1.807, 2.05) is 6.92 Å². The minimum absolute atomic E-state index is 0.00912. The third-order valence-corrected chi connectivity index (χ3v) is 18.0. The van der Waals surface area contributed by atoms with E-state index in [0.717, 1.165) is 23.8 Å². The smallest absolute Gasteiger partial charge is 0.358 e. The number of aliphatic hydroxyl groups excluding tert-OH is 14. The maximum absolute atomic E-state index is 15.2. The summed E-state index contributed by atoms with van der Waals surface area (Å²) in [5, 5.41) is 183. The van der Waals surface area contributed by atoms with E-state index in [1.54, 1.807) is 37.3 Å². The van der Waals surface area contributed by atoms with Crippen LogP contribution in [0.15, 0.2) is 59.6 Å². The molecule has 2 aromatic carbocycles. The Bertz CT molecular complexity index is 3180. The summed E-state index contributed by atoms with van der Waals surface area (Å²) in [7, 11) is 0. The van der Waals surface area contributed by atoms with Crippen LogP contribution in [-0.4, -0.2) is 322 Å². The van der Waals surface area contributed by atoms with E-state index in [0.29, 0.717) is 12.0 Å². The molecular weight excluding hydrogens is 1320 g/mol. The van der Waals surface area contributed by atoms with Crippen LogP contribution < -0.4 is 63.2 Å². The number of nitrogens with zero attached hydrogens (tertiary/aromatic N) is 2. The molecule has 0 bridgehead atoms. The first-order chi connectivity index (χ1) is 47.2. The average Bonchev–Trinajstić information content (AvgIpc) is 1.75. The van der Waals surface area contributed by atoms with Gasteiger partial charge in [-0.25, -0.2) is 9.57 Å². The van der Waals surface area contributed by atoms with E-state index in [-0.39, 0.29) is 36.2 Å². The number of hydrogen-bond donors (Lipinski definition) is 24. The number of nitrogens with one attached hydrogen (secondary N) is 8. The number of carbonyl (C=O) groups excluding carboxylic acids is 5. The van der Waals surface area contributed by atoms with Crippen molar-refractivity contribution in [3.63, 3.8) is 0 Å². The SMILES string of the molecule is CCCCCCC(=O)OC[C@H]1O[C@@H](Oc2ccc(C[C@H]3NC(=O)[C@@H]([C@H](C)c4ccccc4)N=C([O-])C[NH+]=C(O)C(CO)NC(=O)[C@@H]([C@H](O)[C@@H]4CNC(N)=[N+]4[C@@H]4O[C@@H](CO)[C@H](O)[C@H](O)[C@@H]4O)NC(=O)[C@H]([C@H](O)[C@@H]4C[NH+]=C(N)N4)NC3=O)cc2)[C@H](O)[C@H](O)[C@H]1O[C@@H]1O[C@@H](CO)[C@H](O)[C@H](O)[C@@H]1O. The first-order valence-electron chi connectivity index (χ1n) is 32.4. The molecule has 4 amide bonds. The van der Waals surface area contributed by atoms with Gasteiger partial charge in [0, 0.05) is 24.7 Å². The molecule has 6 aliphatic heterocycles. The maximum Gasteiger partial charge on any atom is 0.358 e. The fraction of sp³-hybridized carbons (Fsp3) is 0.656. The zero-order valence-corrected chi connectivity index (χ0v) is 54.0. The Morgan fingerprint density at radius 2 is 1.31 bits per heavy atom. The molecule has 0 aromatic heterocycles. The molecule has 6 aliphatic rings. The molecule has 99 heavy (non-hydrogen) atoms. The molecular formula is C61H92N12O26+2. The Labute approximate surface area is 566 Å². The van der Waals surface area contributed by atoms with Gasteiger partial charge >= 0.3 is 23.8 Å². The van der Waals surface area contributed by atoms with Crippen LogP contribution in [0.4, 0.5) is 0 Å². The molecule has 38 nitrogen and oxygen atoms in total. The van der Waals surface area contributed by atoms with Crippen molar-refractivity contribution in [1.29, 1.82) is 0 Å². The van der Waals surface area contributed by atoms with Crippen molar-refractivity contribution in [3.05, 3.63) is 65.7 Å². The van der Waals surface area contributed by atoms with Gasteiger partial charge in [-0.1, -0.05) is 75.6 Å². The monoisotopic (exact) mass is 1410 g/mol. The third-order valence-electron chi connectivity index (χ3n) is 18.0. The number of unbranched alkanes of at least 4 members (excludes halogenated alkanes) is 3. The van der Waals surface area contributed by atoms with Gasteiger partial charge in [-0.2, -0.15) is 0 Å². The summed E-state index contributed by atoms with van der Waals surface area (Å²) >= 11 is 0. The van der Waals surface area contributed by atoms with E-state index in [1.165, 1.54) is 24.3 Å². The Morgan fingerprint density at radius 1 is 0.697 bits per heavy atom. The zero-order valence-electron chi connectivity index (χ0n) is 54.0. The van der Waals surface area contributed by atoms with Crippen molar-refractivity contribution >= 4 is 53.3 Å². The van der Waals surface area contributed by atoms with Gasteiger partial charge in [0.05, 0.1) is 26.4 Å². The Hall–Kier alpha value is -7.61. The predicted molar refractivity (Wildman–Crippen MR) is 333 cm³/mol. The number of hydrogen-bond acceptors (Lipinski definition) is 30. The molecule has 0 aliphatic carbocycles. The topological polar surface area (TPSA) is 615 Å². The first-order valence-corrected chi connectivity index (χ1v) is 32.4. The summed E-state index contributed by atoms with van der Waals surface area (Å²) in [6.07, 6.45) is -28.9. The van der Waals surface area contributed by atoms with Crippen LogP contribution in [0.1, 0.15) is 63.0 Å². The van der Waals surface area contributed by atoms with Crippen LogP contribution in [0.3, 0.4) is 0 Å². The molecule has 6 heterocycles. The summed E-state index contributed by atoms with van der Waals surface area (Å²) in [6.45, 7) is -1.42. The molecule has 38 heteroatoms. The molecule has 3 saturated heterocycles. The first kappa shape index (κ1) is 77.1. The van der Waals surface area contributed by atoms with Gasteiger partial charge in [0.15, 0.2) is 18.9 Å². The van der Waals surface area contributed by atoms with Gasteiger partial charge in [-0.3, -0.25) is 56.1 Å². The molecule has 0 spiro atoms. The van der Waals surface area contributed by atoms with E-state index in [2.05, 4.69) is 46.9 Å². The number of amides is 4. The number of aliphatic hydroxyl groups is 14. The number of benzene rings is 2. The molecule has 8 rings (SSSR count). The third kappa shape index (κ3) is 18.7. The summed E-state index contributed by atoms with van der Waals surface area (Å²) in [6, 6.07) is 1.00. The molecule has 550 valence electrons. The lowest BCUT2D eigenvalue weighted by atomic mass is 9.92. The molecule has 3 fully saturated rings. The second kappa shape index (κ2) is 35.1. The Kier molecular flexibility index (Phi) is 27.4. The van der Waals surface area contributed by atoms with Crippen LogP contribution in [0, 0.1) is 0 Å². The van der Waals surface area contributed by atoms with Crippen molar-refractivity contribution in [2.24, 2.45) is 16.5 Å². The van der Waals surface area contributed by atoms with E-state index >= 15 is 9.59 Å². The normalized spacial score (nSPS) is 35.4. The summed E-state index contributed by atoms with van der Waals surface area (Å²) in [5.41, 5.74) is 13.0. The number of ether oxygens (including phenoxy) is 6. The molecule has 26 N–H and O–H groups in total. The van der Waals surface area contributed by atoms with Gasteiger partial charge < -0.3 is 126 Å². The van der Waals surface area contributed by atoms with Crippen molar-refractivity contribution in [3.8, 4) is 5.75 Å². The summed E-state index contributed by atoms with van der Waals surface area (Å²) in [4.78, 5) is 82.2. The van der Waals surface area contributed by atoms with Gasteiger partial charge in [-0.05, 0) is 29.7 Å². The van der Waals surface area contributed by atoms with Crippen LogP contribution >= 0.6 is 0 Å². The molecule has 0 radical (unpaired) electrons. The fourth-order valence-corrected chi connectivity index (χ4v) is 12.2. The van der Waals surface area contributed by atoms with Crippen LogP contribution in [0.2, 0.25) is 0 Å². The minimum atomic E-state index is -2.31. The highest BCUT2D eigenvalue weighted by Crippen LogP contribution is 2.32. The summed E-state index contributed by atoms with van der Waals surface area (Å²) in [5.74, 6) is -9.26. The van der Waals surface area contributed by atoms with E-state index in [4.69, 9.17) is 39.9 Å². The fourth-order valence-electron chi connectivity index (χ4n) is 12.2. The van der Waals surface area contributed by atoms with E-state index < -0.39 is 240 Å². The predicted octanol–water partition coefficient (Wildman–Crippen LogP) is -15.1. The molecule has 2 aromatic rings. The Morgan fingerprint density at radius 3 is 1.96 bits per heavy atom. The highest BCUT2D eigenvalue weighted by Gasteiger charge is 2.55. The number of aliphatic imine (C=N–C) groups is 1. The van der Waals surface area contributed by atoms with Crippen LogP contribution in [-0.2, 0) is 54.1 Å². The van der Waals surface area contributed by atoms with Gasteiger partial charge in [0.2, 0.25) is 36.1 Å². The molecule has 25 atom stereocenters. The summed E-state index contributed by atoms with van der Waals surface area (Å²) < 4.78 is 35.6. The highest BCUT2D eigenvalue weighted by molar-refractivity contribution is 5.97. The molecule has 0 saturated carbocycles. The number of guanidine groups is 2. The average molecular weight is 1410 g/mol. The maximum atomic E-state index is 15.2. The number of rotatable bonds is 23. The largest absolute Gasteiger partial charge is 0.858 e. The van der Waals surface area contributed by atoms with Crippen molar-refractivity contribution in [2.75, 3.05) is 46.1 Å². The zero-order chi connectivity index (χ0) is 72.1. The van der Waals surface area contributed by atoms with Crippen molar-refractivity contribution in [2.45, 2.75) is 205 Å². The van der Waals surface area contributed by atoms with Gasteiger partial charge in [-0.15, -0.1) is 0 Å². The van der Waals surface area contributed by atoms with Crippen molar-refractivity contribution < 1.29 is 144 Å². The number of esters is 1. The second-order valence-corrected chi connectivity index (χ2v) is 25.0. The lowest BCUT2D eigenvalue weighted by molar-refractivity contribution is -0.663. The number of carbonyl (C=O) groups is 5. The standard InChI is InChI=1S/C61H90N12O26/c1-3-4-5-9-12-37(78)94-24-35-51(99-59-49(87)46(84)44(82)34(23-76)97-59)47(85)50(88)58(98-35)95-28-15-13-26(14-16-28)17-29-53(90)71-39(41(79)30-18-65-60(62)69-30)56(93)72-40(42(80)32-19-66-61(63)73(32)57-48(86)45(83)43(81)33(22-75)96-57)55(92)68-31(21-74)52(89)64-20-36(77)70-38(54(91)67-29)25(2)27-10-7-6-8-11-27/h6-8,10-11,13-16,25,29-35,38-51,57-59,74-76,79-88H,3-5,9,12,17-24H2,1-2H3,(H11,62,63,64,65,66,67,68,69,70,71,72,77,89,90,91,92,93)/p+2/t25-,29-,30+,31?,32+,33+,34+,35-,38-,39+,40-,41-,42-,43+,44+,45+,46+,47+,48+,49+,50-,51+,57-,58-,59+/m1/s1. The second-order valence-electron chi connectivity index (χ2n) is 25.0. The lowest BCUT2D eigenvalue weighted by Gasteiger charge is -2.46. The highest BCUT2D eigenvalue weighted by atomic mass is 16.7. The van der Waals surface area contributed by atoms with Gasteiger partial charge in [0.1, 0.15) is 141 Å². The van der Waals surface area contributed by atoms with Crippen LogP contribution in [0.5, 0.6) is 5.75 Å². The Balaban J connectivity index is 1.13. The van der Waals surface area contributed by atoms with E-state index in [9.17, 15) is 91.0 Å². The quantitative estimate of drug-likeness (QED) is 0.0279. The van der Waals surface area contributed by atoms with Gasteiger partial charge in [0.25, 0.3) is 0 Å². The minimum Gasteiger partial charge on any atom is -0.858 e. The lowest BCUT2D eigenvalue weighted by Crippen LogP contribution is -2.80. The van der Waals surface area contributed by atoms with Crippen LogP contribution in [0.25, 0.3) is 0 Å². The molecule has 1 unspecified atom stereocenters. The number of nitrogens with two attached hydrogens (primary N) is 2.